The van der Waals surface area contributed by atoms with Crippen molar-refractivity contribution in [2.75, 3.05) is 39.6 Å². The maximum absolute atomic E-state index is 6.51. The summed E-state index contributed by atoms with van der Waals surface area (Å²) < 4.78 is 44.6. The number of fused-ring (bicyclic) bond motifs is 1. The molecule has 0 aromatic heterocycles. The van der Waals surface area contributed by atoms with Gasteiger partial charge in [0.25, 0.3) is 0 Å². The number of allylic oxidation sites excluding steroid dienone is 1. The molecule has 7 atom stereocenters. The Balaban J connectivity index is 1.93. The fraction of sp³-hybridized carbons (Fsp3) is 0.950. The highest BCUT2D eigenvalue weighted by Crippen LogP contribution is 2.34. The molecule has 2 aliphatic rings. The van der Waals surface area contributed by atoms with Gasteiger partial charge in [-0.3, -0.25) is 0 Å². The van der Waals surface area contributed by atoms with E-state index in [1.54, 1.807) is 0 Å². The predicted octanol–water partition coefficient (Wildman–Crippen LogP) is 10.1. The van der Waals surface area contributed by atoms with Crippen LogP contribution in [-0.2, 0) is 33.2 Å². The van der Waals surface area contributed by atoms with Crippen LogP contribution in [0.1, 0.15) is 163 Å². The molecule has 0 spiro atoms. The second-order valence-electron chi connectivity index (χ2n) is 13.7. The maximum atomic E-state index is 6.51. The molecule has 0 aromatic carbocycles. The summed E-state index contributed by atoms with van der Waals surface area (Å²) in [7, 11) is 0. The lowest BCUT2D eigenvalue weighted by atomic mass is 9.94. The summed E-state index contributed by atoms with van der Waals surface area (Å²) in [6, 6.07) is 0. The monoisotopic (exact) mass is 669 g/mol. The molecule has 0 saturated carbocycles. The summed E-state index contributed by atoms with van der Waals surface area (Å²) in [5.41, 5.74) is 0. The fourth-order valence-corrected chi connectivity index (χ4v) is 6.21. The Bertz CT molecular complexity index is 719. The van der Waals surface area contributed by atoms with Crippen molar-refractivity contribution < 1.29 is 33.2 Å². The van der Waals surface area contributed by atoms with Gasteiger partial charge < -0.3 is 33.2 Å². The van der Waals surface area contributed by atoms with E-state index in [2.05, 4.69) is 46.8 Å². The molecular weight excluding hydrogens is 592 g/mol. The third-order valence-electron chi connectivity index (χ3n) is 9.43. The van der Waals surface area contributed by atoms with Crippen LogP contribution in [0.4, 0.5) is 0 Å². The normalized spacial score (nSPS) is 24.0. The Hall–Kier alpha value is -0.540. The molecule has 2 saturated heterocycles. The highest BCUT2D eigenvalue weighted by atomic mass is 16.7. The third-order valence-corrected chi connectivity index (χ3v) is 9.43. The summed E-state index contributed by atoms with van der Waals surface area (Å²) in [5, 5.41) is 0. The zero-order valence-electron chi connectivity index (χ0n) is 31.4. The summed E-state index contributed by atoms with van der Waals surface area (Å²) in [4.78, 5) is 0. The SMILES string of the molecule is CCCCCCCCCCCC=CC[C@@H](OCCCC)[C@H](CCO[C@H]1OC2CO[C@@H]2C(OCCCC)C1OCCCC)OCCCC. The van der Waals surface area contributed by atoms with Crippen molar-refractivity contribution in [3.05, 3.63) is 12.2 Å². The molecule has 2 heterocycles. The number of ether oxygens (including phenoxy) is 7. The third kappa shape index (κ3) is 18.3. The zero-order valence-corrected chi connectivity index (χ0v) is 31.4. The van der Waals surface area contributed by atoms with E-state index in [4.69, 9.17) is 33.2 Å². The van der Waals surface area contributed by atoms with Gasteiger partial charge in [-0.25, -0.2) is 0 Å². The Kier molecular flexibility index (Phi) is 26.5. The average molecular weight is 669 g/mol. The molecule has 0 radical (unpaired) electrons. The second-order valence-corrected chi connectivity index (χ2v) is 13.7. The van der Waals surface area contributed by atoms with Crippen LogP contribution in [-0.4, -0.2) is 82.6 Å². The van der Waals surface area contributed by atoms with Gasteiger partial charge in [-0.05, 0) is 51.4 Å². The summed E-state index contributed by atoms with van der Waals surface area (Å²) >= 11 is 0. The van der Waals surface area contributed by atoms with Crippen molar-refractivity contribution in [1.29, 1.82) is 0 Å². The van der Waals surface area contributed by atoms with Crippen molar-refractivity contribution in [1.82, 2.24) is 0 Å². The number of unbranched alkanes of at least 4 members (excludes halogenated alkanes) is 13. The lowest BCUT2D eigenvalue weighted by molar-refractivity contribution is -0.362. The smallest absolute Gasteiger partial charge is 0.186 e. The first-order valence-corrected chi connectivity index (χ1v) is 20.2. The van der Waals surface area contributed by atoms with Crippen LogP contribution in [0.5, 0.6) is 0 Å². The first-order chi connectivity index (χ1) is 23.2. The minimum Gasteiger partial charge on any atom is -0.375 e. The molecule has 278 valence electrons. The Morgan fingerprint density at radius 1 is 0.553 bits per heavy atom. The lowest BCUT2D eigenvalue weighted by Crippen LogP contribution is -2.67. The molecule has 0 aromatic rings. The molecule has 2 fully saturated rings. The molecule has 3 unspecified atom stereocenters. The van der Waals surface area contributed by atoms with Crippen molar-refractivity contribution in [3.63, 3.8) is 0 Å². The molecule has 0 aliphatic carbocycles. The minimum absolute atomic E-state index is 0.00434. The van der Waals surface area contributed by atoms with Crippen molar-refractivity contribution in [3.8, 4) is 0 Å². The van der Waals surface area contributed by atoms with Crippen LogP contribution < -0.4 is 0 Å². The molecule has 2 rings (SSSR count). The topological polar surface area (TPSA) is 64.6 Å². The number of hydrogen-bond acceptors (Lipinski definition) is 7. The number of hydrogen-bond donors (Lipinski definition) is 0. The van der Waals surface area contributed by atoms with E-state index >= 15 is 0 Å². The molecule has 7 heteroatoms. The zero-order chi connectivity index (χ0) is 33.8. The Morgan fingerprint density at radius 2 is 1.11 bits per heavy atom. The molecule has 0 bridgehead atoms. The molecule has 7 nitrogen and oxygen atoms in total. The van der Waals surface area contributed by atoms with Gasteiger partial charge in [0.1, 0.15) is 24.4 Å². The molecule has 2 aliphatic heterocycles. The fourth-order valence-electron chi connectivity index (χ4n) is 6.21. The maximum Gasteiger partial charge on any atom is 0.186 e. The second kappa shape index (κ2) is 29.2. The predicted molar refractivity (Wildman–Crippen MR) is 193 cm³/mol. The van der Waals surface area contributed by atoms with E-state index < -0.39 is 6.29 Å². The van der Waals surface area contributed by atoms with Crippen LogP contribution in [0, 0.1) is 0 Å². The highest BCUT2D eigenvalue weighted by Gasteiger charge is 2.53. The quantitative estimate of drug-likeness (QED) is 0.0509. The summed E-state index contributed by atoms with van der Waals surface area (Å²) in [6.07, 6.45) is 27.2. The van der Waals surface area contributed by atoms with Crippen molar-refractivity contribution in [2.45, 2.75) is 206 Å². The van der Waals surface area contributed by atoms with Crippen molar-refractivity contribution in [2.24, 2.45) is 0 Å². The van der Waals surface area contributed by atoms with Gasteiger partial charge in [-0.2, -0.15) is 0 Å². The summed E-state index contributed by atoms with van der Waals surface area (Å²) in [6.45, 7) is 15.0. The Labute approximate surface area is 290 Å². The van der Waals surface area contributed by atoms with Gasteiger partial charge in [0.2, 0.25) is 0 Å². The van der Waals surface area contributed by atoms with Gasteiger partial charge in [-0.1, -0.05) is 124 Å². The first-order valence-electron chi connectivity index (χ1n) is 20.2. The van der Waals surface area contributed by atoms with E-state index in [9.17, 15) is 0 Å². The van der Waals surface area contributed by atoms with Crippen LogP contribution in [0.15, 0.2) is 12.2 Å². The van der Waals surface area contributed by atoms with Gasteiger partial charge in [0.05, 0.1) is 25.4 Å². The molecular formula is C40H76O7. The molecule has 0 N–H and O–H groups in total. The Morgan fingerprint density at radius 3 is 1.70 bits per heavy atom. The van der Waals surface area contributed by atoms with E-state index in [0.717, 1.165) is 83.8 Å². The van der Waals surface area contributed by atoms with Crippen LogP contribution >= 0.6 is 0 Å². The van der Waals surface area contributed by atoms with E-state index in [-0.39, 0.29) is 36.6 Å². The molecule has 47 heavy (non-hydrogen) atoms. The van der Waals surface area contributed by atoms with Crippen LogP contribution in [0.3, 0.4) is 0 Å². The average Bonchev–Trinajstić information content (AvgIpc) is 3.06. The number of rotatable bonds is 33. The van der Waals surface area contributed by atoms with Crippen LogP contribution in [0.25, 0.3) is 0 Å². The van der Waals surface area contributed by atoms with E-state index in [1.807, 2.05) is 0 Å². The van der Waals surface area contributed by atoms with Gasteiger partial charge in [0.15, 0.2) is 6.29 Å². The van der Waals surface area contributed by atoms with Crippen LogP contribution in [0.2, 0.25) is 0 Å². The van der Waals surface area contributed by atoms with Crippen molar-refractivity contribution >= 4 is 0 Å². The van der Waals surface area contributed by atoms with E-state index in [1.165, 1.54) is 57.8 Å². The first kappa shape index (κ1) is 42.6. The van der Waals surface area contributed by atoms with E-state index in [0.29, 0.717) is 26.4 Å². The van der Waals surface area contributed by atoms with Gasteiger partial charge in [-0.15, -0.1) is 0 Å². The van der Waals surface area contributed by atoms with Gasteiger partial charge >= 0.3 is 0 Å². The lowest BCUT2D eigenvalue weighted by Gasteiger charge is -2.50. The summed E-state index contributed by atoms with van der Waals surface area (Å²) in [5.74, 6) is 0. The highest BCUT2D eigenvalue weighted by molar-refractivity contribution is 4.97. The standard InChI is InChI=1S/C40H76O7/c1-6-11-16-17-18-19-20-21-22-23-24-25-26-34(41-28-12-7-2)35(42-29-13-8-3)27-32-45-40-39(44-31-15-10-5)38(43-30-14-9-4)37-36(47-40)33-46-37/h24-25,34-40H,6-23,26-33H2,1-5H3/t34-,35+,36?,37+,38?,39?,40+/m1/s1. The van der Waals surface area contributed by atoms with Gasteiger partial charge in [0, 0.05) is 26.4 Å². The molecule has 0 amide bonds. The largest absolute Gasteiger partial charge is 0.375 e. The minimum atomic E-state index is -0.476.